The molecule has 1 unspecified atom stereocenters. The van der Waals surface area contributed by atoms with Crippen molar-refractivity contribution in [3.05, 3.63) is 16.1 Å². The Labute approximate surface area is 83.4 Å². The van der Waals surface area contributed by atoms with Crippen LogP contribution in [0.3, 0.4) is 0 Å². The maximum absolute atomic E-state index is 5.40. The van der Waals surface area contributed by atoms with Crippen LogP contribution >= 0.6 is 11.3 Å². The van der Waals surface area contributed by atoms with E-state index in [1.54, 1.807) is 11.3 Å². The summed E-state index contributed by atoms with van der Waals surface area (Å²) in [5.41, 5.74) is 5.40. The van der Waals surface area contributed by atoms with Crippen molar-refractivity contribution in [1.82, 2.24) is 10.3 Å². The van der Waals surface area contributed by atoms with E-state index in [0.29, 0.717) is 6.04 Å². The molecule has 1 aromatic rings. The molecule has 13 heavy (non-hydrogen) atoms. The van der Waals surface area contributed by atoms with Gasteiger partial charge in [-0.1, -0.05) is 0 Å². The Morgan fingerprint density at radius 2 is 2.46 bits per heavy atom. The highest BCUT2D eigenvalue weighted by molar-refractivity contribution is 7.11. The van der Waals surface area contributed by atoms with E-state index in [9.17, 15) is 0 Å². The molecule has 4 heteroatoms. The average Bonchev–Trinajstić information content (AvgIpc) is 2.52. The summed E-state index contributed by atoms with van der Waals surface area (Å²) >= 11 is 1.75. The molecule has 1 heterocycles. The zero-order valence-electron chi connectivity index (χ0n) is 8.21. The molecule has 0 aliphatic heterocycles. The highest BCUT2D eigenvalue weighted by Gasteiger charge is 2.07. The van der Waals surface area contributed by atoms with E-state index >= 15 is 0 Å². The number of nitrogens with two attached hydrogens (primary N) is 1. The van der Waals surface area contributed by atoms with E-state index in [0.717, 1.165) is 24.5 Å². The smallest absolute Gasteiger partial charge is 0.109 e. The van der Waals surface area contributed by atoms with Crippen molar-refractivity contribution in [2.24, 2.45) is 5.73 Å². The Morgan fingerprint density at radius 1 is 1.69 bits per heavy atom. The fourth-order valence-corrected chi connectivity index (χ4v) is 1.88. The SMILES string of the molecule is Cc1cnc(C(C)NCCCN)s1. The van der Waals surface area contributed by atoms with Crippen LogP contribution in [0.25, 0.3) is 0 Å². The second-order valence-electron chi connectivity index (χ2n) is 3.13. The third-order valence-electron chi connectivity index (χ3n) is 1.84. The van der Waals surface area contributed by atoms with Crippen LogP contribution in [0.2, 0.25) is 0 Å². The molecule has 0 saturated heterocycles. The molecule has 3 N–H and O–H groups in total. The van der Waals surface area contributed by atoms with Crippen molar-refractivity contribution in [2.45, 2.75) is 26.3 Å². The quantitative estimate of drug-likeness (QED) is 0.706. The number of aromatic nitrogens is 1. The van der Waals surface area contributed by atoms with Crippen molar-refractivity contribution in [2.75, 3.05) is 13.1 Å². The van der Waals surface area contributed by atoms with E-state index in [2.05, 4.69) is 24.1 Å². The zero-order valence-corrected chi connectivity index (χ0v) is 9.03. The number of rotatable bonds is 5. The minimum absolute atomic E-state index is 0.352. The third kappa shape index (κ3) is 3.42. The lowest BCUT2D eigenvalue weighted by Gasteiger charge is -2.09. The van der Waals surface area contributed by atoms with Crippen LogP contribution in [0, 0.1) is 6.92 Å². The molecule has 0 aliphatic carbocycles. The fraction of sp³-hybridized carbons (Fsp3) is 0.667. The third-order valence-corrected chi connectivity index (χ3v) is 2.94. The van der Waals surface area contributed by atoms with Gasteiger partial charge in [-0.05, 0) is 33.4 Å². The number of thiazole rings is 1. The molecule has 0 spiro atoms. The summed E-state index contributed by atoms with van der Waals surface area (Å²) in [4.78, 5) is 5.59. The lowest BCUT2D eigenvalue weighted by atomic mass is 10.3. The van der Waals surface area contributed by atoms with Gasteiger partial charge in [0, 0.05) is 11.1 Å². The van der Waals surface area contributed by atoms with Gasteiger partial charge in [0.1, 0.15) is 5.01 Å². The van der Waals surface area contributed by atoms with E-state index in [4.69, 9.17) is 5.73 Å². The molecular formula is C9H17N3S. The van der Waals surface area contributed by atoms with Gasteiger partial charge in [-0.15, -0.1) is 11.3 Å². The Balaban J connectivity index is 2.35. The lowest BCUT2D eigenvalue weighted by Crippen LogP contribution is -2.21. The number of nitrogens with one attached hydrogen (secondary N) is 1. The molecule has 0 bridgehead atoms. The van der Waals surface area contributed by atoms with Gasteiger partial charge in [0.05, 0.1) is 6.04 Å². The molecule has 0 aliphatic rings. The van der Waals surface area contributed by atoms with E-state index < -0.39 is 0 Å². The molecule has 1 aromatic heterocycles. The predicted octanol–water partition coefficient (Wildman–Crippen LogP) is 1.45. The van der Waals surface area contributed by atoms with Gasteiger partial charge in [-0.2, -0.15) is 0 Å². The van der Waals surface area contributed by atoms with Crippen molar-refractivity contribution in [3.8, 4) is 0 Å². The number of aryl methyl sites for hydroxylation is 1. The van der Waals surface area contributed by atoms with Gasteiger partial charge in [0.2, 0.25) is 0 Å². The maximum Gasteiger partial charge on any atom is 0.109 e. The number of hydrogen-bond acceptors (Lipinski definition) is 4. The summed E-state index contributed by atoms with van der Waals surface area (Å²) < 4.78 is 0. The molecule has 0 amide bonds. The molecule has 0 radical (unpaired) electrons. The fourth-order valence-electron chi connectivity index (χ4n) is 1.08. The Bertz CT molecular complexity index is 247. The molecule has 0 fully saturated rings. The molecule has 3 nitrogen and oxygen atoms in total. The van der Waals surface area contributed by atoms with Crippen molar-refractivity contribution in [3.63, 3.8) is 0 Å². The summed E-state index contributed by atoms with van der Waals surface area (Å²) in [6.45, 7) is 5.93. The summed E-state index contributed by atoms with van der Waals surface area (Å²) in [5, 5.41) is 4.54. The molecular weight excluding hydrogens is 182 g/mol. The van der Waals surface area contributed by atoms with Crippen LogP contribution in [0.1, 0.15) is 29.3 Å². The van der Waals surface area contributed by atoms with Gasteiger partial charge in [0.15, 0.2) is 0 Å². The first-order valence-electron chi connectivity index (χ1n) is 4.60. The van der Waals surface area contributed by atoms with Gasteiger partial charge in [-0.3, -0.25) is 0 Å². The topological polar surface area (TPSA) is 50.9 Å². The summed E-state index contributed by atoms with van der Waals surface area (Å²) in [6.07, 6.45) is 2.94. The standard InChI is InChI=1S/C9H17N3S/c1-7-6-12-9(13-7)8(2)11-5-3-4-10/h6,8,11H,3-5,10H2,1-2H3. The molecule has 0 aromatic carbocycles. The zero-order chi connectivity index (χ0) is 9.68. The second kappa shape index (κ2) is 5.32. The van der Waals surface area contributed by atoms with E-state index in [1.165, 1.54) is 4.88 Å². The van der Waals surface area contributed by atoms with E-state index in [1.807, 2.05) is 6.20 Å². The minimum atomic E-state index is 0.352. The monoisotopic (exact) mass is 199 g/mol. The molecule has 1 rings (SSSR count). The normalized spacial score (nSPS) is 13.2. The first kappa shape index (κ1) is 10.6. The highest BCUT2D eigenvalue weighted by atomic mass is 32.1. The van der Waals surface area contributed by atoms with Crippen LogP contribution in [-0.2, 0) is 0 Å². The van der Waals surface area contributed by atoms with E-state index in [-0.39, 0.29) is 0 Å². The predicted molar refractivity (Wildman–Crippen MR) is 56.9 cm³/mol. The molecule has 1 atom stereocenters. The van der Waals surface area contributed by atoms with Crippen LogP contribution in [-0.4, -0.2) is 18.1 Å². The summed E-state index contributed by atoms with van der Waals surface area (Å²) in [6, 6.07) is 0.352. The van der Waals surface area contributed by atoms with Crippen molar-refractivity contribution in [1.29, 1.82) is 0 Å². The van der Waals surface area contributed by atoms with Gasteiger partial charge in [0.25, 0.3) is 0 Å². The van der Waals surface area contributed by atoms with Crippen LogP contribution in [0.5, 0.6) is 0 Å². The lowest BCUT2D eigenvalue weighted by molar-refractivity contribution is 0.559. The Kier molecular flexibility index (Phi) is 4.35. The van der Waals surface area contributed by atoms with Gasteiger partial charge >= 0.3 is 0 Å². The highest BCUT2D eigenvalue weighted by Crippen LogP contribution is 2.18. The van der Waals surface area contributed by atoms with Crippen LogP contribution < -0.4 is 11.1 Å². The molecule has 74 valence electrons. The Morgan fingerprint density at radius 3 is 3.00 bits per heavy atom. The van der Waals surface area contributed by atoms with Crippen LogP contribution in [0.4, 0.5) is 0 Å². The largest absolute Gasteiger partial charge is 0.330 e. The first-order valence-corrected chi connectivity index (χ1v) is 5.41. The van der Waals surface area contributed by atoms with Crippen molar-refractivity contribution >= 4 is 11.3 Å². The maximum atomic E-state index is 5.40. The molecule has 0 saturated carbocycles. The second-order valence-corrected chi connectivity index (χ2v) is 4.39. The Hall–Kier alpha value is -0.450. The van der Waals surface area contributed by atoms with Gasteiger partial charge in [-0.25, -0.2) is 4.98 Å². The average molecular weight is 199 g/mol. The minimum Gasteiger partial charge on any atom is -0.330 e. The van der Waals surface area contributed by atoms with Crippen molar-refractivity contribution < 1.29 is 0 Å². The summed E-state index contributed by atoms with van der Waals surface area (Å²) in [5.74, 6) is 0. The summed E-state index contributed by atoms with van der Waals surface area (Å²) in [7, 11) is 0. The first-order chi connectivity index (χ1) is 6.24. The number of hydrogen-bond donors (Lipinski definition) is 2. The van der Waals surface area contributed by atoms with Gasteiger partial charge < -0.3 is 11.1 Å². The van der Waals surface area contributed by atoms with Crippen LogP contribution in [0.15, 0.2) is 6.20 Å². The number of nitrogens with zero attached hydrogens (tertiary/aromatic N) is 1.